The number of anilines is 1. The average molecular weight is 434 g/mol. The molecule has 26 heavy (non-hydrogen) atoms. The standard InChI is InChI=1S/C17H17Cl2NO4S2/c18-13-1-5-15(6-2-13)20-17(21)24-9-10-25-11-12-26(22,23)16-7-3-14(19)4-8-16/h1-8H,9-12H2,(H,20,21). The first-order valence-electron chi connectivity index (χ1n) is 7.62. The van der Waals surface area contributed by atoms with Crippen molar-refractivity contribution < 1.29 is 17.9 Å². The number of amides is 1. The Hall–Kier alpha value is -1.41. The van der Waals surface area contributed by atoms with Crippen molar-refractivity contribution in [2.24, 2.45) is 0 Å². The summed E-state index contributed by atoms with van der Waals surface area (Å²) >= 11 is 12.9. The number of halogens is 2. The summed E-state index contributed by atoms with van der Waals surface area (Å²) in [4.78, 5) is 11.9. The lowest BCUT2D eigenvalue weighted by atomic mass is 10.3. The fraction of sp³-hybridized carbons (Fsp3) is 0.235. The quantitative estimate of drug-likeness (QED) is 0.607. The summed E-state index contributed by atoms with van der Waals surface area (Å²) in [7, 11) is -3.34. The molecule has 0 unspecified atom stereocenters. The van der Waals surface area contributed by atoms with E-state index < -0.39 is 15.9 Å². The third-order valence-corrected chi connectivity index (χ3v) is 6.66. The molecule has 0 fully saturated rings. The molecule has 0 saturated carbocycles. The second-order valence-corrected chi connectivity index (χ2v) is 9.36. The number of nitrogens with one attached hydrogen (secondary N) is 1. The number of benzene rings is 2. The van der Waals surface area contributed by atoms with Crippen LogP contribution in [0, 0.1) is 0 Å². The first kappa shape index (κ1) is 20.9. The normalized spacial score (nSPS) is 11.2. The number of ether oxygens (including phenoxy) is 1. The molecule has 0 radical (unpaired) electrons. The summed E-state index contributed by atoms with van der Waals surface area (Å²) in [5.74, 6) is 0.924. The summed E-state index contributed by atoms with van der Waals surface area (Å²) in [6.45, 7) is 0.186. The van der Waals surface area contributed by atoms with Crippen LogP contribution >= 0.6 is 35.0 Å². The summed E-state index contributed by atoms with van der Waals surface area (Å²) < 4.78 is 29.3. The van der Waals surface area contributed by atoms with Crippen molar-refractivity contribution >= 4 is 56.6 Å². The number of rotatable bonds is 8. The fourth-order valence-corrected chi connectivity index (χ4v) is 4.70. The van der Waals surface area contributed by atoms with E-state index in [9.17, 15) is 13.2 Å². The Balaban J connectivity index is 1.63. The number of hydrogen-bond acceptors (Lipinski definition) is 5. The highest BCUT2D eigenvalue weighted by Crippen LogP contribution is 2.17. The molecule has 2 aromatic carbocycles. The Bertz CT molecular complexity index is 825. The maximum absolute atomic E-state index is 12.2. The molecule has 2 rings (SSSR count). The first-order valence-corrected chi connectivity index (χ1v) is 11.2. The van der Waals surface area contributed by atoms with Crippen LogP contribution in [-0.4, -0.2) is 38.4 Å². The summed E-state index contributed by atoms with van der Waals surface area (Å²) in [6, 6.07) is 12.7. The molecule has 0 bridgehead atoms. The minimum Gasteiger partial charge on any atom is -0.448 e. The van der Waals surface area contributed by atoms with Gasteiger partial charge in [0.05, 0.1) is 10.6 Å². The van der Waals surface area contributed by atoms with Crippen LogP contribution < -0.4 is 5.32 Å². The van der Waals surface area contributed by atoms with E-state index in [0.29, 0.717) is 27.2 Å². The van der Waals surface area contributed by atoms with Crippen molar-refractivity contribution in [1.82, 2.24) is 0 Å². The van der Waals surface area contributed by atoms with Gasteiger partial charge in [-0.25, -0.2) is 13.2 Å². The van der Waals surface area contributed by atoms with Crippen LogP contribution in [0.5, 0.6) is 0 Å². The predicted molar refractivity (Wildman–Crippen MR) is 107 cm³/mol. The van der Waals surface area contributed by atoms with E-state index in [1.54, 1.807) is 36.4 Å². The first-order chi connectivity index (χ1) is 12.4. The van der Waals surface area contributed by atoms with E-state index in [1.807, 2.05) is 0 Å². The number of sulfone groups is 1. The molecule has 1 N–H and O–H groups in total. The SMILES string of the molecule is O=C(Nc1ccc(Cl)cc1)OCCSCCS(=O)(=O)c1ccc(Cl)cc1. The molecule has 0 spiro atoms. The maximum atomic E-state index is 12.2. The van der Waals surface area contributed by atoms with Gasteiger partial charge in [0, 0.05) is 27.2 Å². The topological polar surface area (TPSA) is 72.5 Å². The van der Waals surface area contributed by atoms with Crippen molar-refractivity contribution in [3.05, 3.63) is 58.6 Å². The van der Waals surface area contributed by atoms with Crippen LogP contribution in [0.2, 0.25) is 10.0 Å². The Labute approximate surface area is 166 Å². The van der Waals surface area contributed by atoms with Gasteiger partial charge < -0.3 is 4.74 Å². The molecule has 0 atom stereocenters. The van der Waals surface area contributed by atoms with Crippen LogP contribution in [-0.2, 0) is 14.6 Å². The molecule has 5 nitrogen and oxygen atoms in total. The smallest absolute Gasteiger partial charge is 0.411 e. The molecule has 1 amide bonds. The number of carbonyl (C=O) groups is 1. The van der Waals surface area contributed by atoms with Crippen molar-refractivity contribution in [3.63, 3.8) is 0 Å². The molecule has 0 aliphatic rings. The molecule has 0 heterocycles. The minimum absolute atomic E-state index is 0.0102. The number of thioether (sulfide) groups is 1. The van der Waals surface area contributed by atoms with E-state index >= 15 is 0 Å². The van der Waals surface area contributed by atoms with Gasteiger partial charge in [-0.05, 0) is 48.5 Å². The van der Waals surface area contributed by atoms with Crippen molar-refractivity contribution in [2.45, 2.75) is 4.90 Å². The molecule has 2 aromatic rings. The predicted octanol–water partition coefficient (Wildman–Crippen LogP) is 4.75. The Morgan fingerprint density at radius 1 is 0.962 bits per heavy atom. The largest absolute Gasteiger partial charge is 0.448 e. The van der Waals surface area contributed by atoms with Crippen LogP contribution in [0.1, 0.15) is 0 Å². The zero-order chi connectivity index (χ0) is 19.0. The van der Waals surface area contributed by atoms with Gasteiger partial charge >= 0.3 is 6.09 Å². The highest BCUT2D eigenvalue weighted by Gasteiger charge is 2.13. The average Bonchev–Trinajstić information content (AvgIpc) is 2.60. The highest BCUT2D eigenvalue weighted by atomic mass is 35.5. The van der Waals surface area contributed by atoms with Gasteiger partial charge in [0.1, 0.15) is 6.61 Å². The van der Waals surface area contributed by atoms with Crippen molar-refractivity contribution in [2.75, 3.05) is 29.2 Å². The number of hydrogen-bond donors (Lipinski definition) is 1. The Morgan fingerprint density at radius 2 is 1.54 bits per heavy atom. The molecule has 140 valence electrons. The summed E-state index contributed by atoms with van der Waals surface area (Å²) in [5.41, 5.74) is 0.584. The van der Waals surface area contributed by atoms with Gasteiger partial charge in [0.2, 0.25) is 0 Å². The second-order valence-electron chi connectivity index (χ2n) is 5.15. The van der Waals surface area contributed by atoms with E-state index in [4.69, 9.17) is 27.9 Å². The second kappa shape index (κ2) is 10.1. The lowest BCUT2D eigenvalue weighted by Crippen LogP contribution is -2.15. The zero-order valence-electron chi connectivity index (χ0n) is 13.7. The molecule has 9 heteroatoms. The van der Waals surface area contributed by atoms with Crippen LogP contribution in [0.15, 0.2) is 53.4 Å². The van der Waals surface area contributed by atoms with Crippen LogP contribution in [0.3, 0.4) is 0 Å². The van der Waals surface area contributed by atoms with Crippen molar-refractivity contribution in [3.8, 4) is 0 Å². The van der Waals surface area contributed by atoms with Crippen LogP contribution in [0.4, 0.5) is 10.5 Å². The third kappa shape index (κ3) is 7.07. The van der Waals surface area contributed by atoms with Gasteiger partial charge in [0.15, 0.2) is 9.84 Å². The fourth-order valence-electron chi connectivity index (χ4n) is 1.91. The Morgan fingerprint density at radius 3 is 2.15 bits per heavy atom. The third-order valence-electron chi connectivity index (χ3n) is 3.22. The molecular weight excluding hydrogens is 417 g/mol. The Kier molecular flexibility index (Phi) is 8.09. The monoisotopic (exact) mass is 433 g/mol. The van der Waals surface area contributed by atoms with Crippen LogP contribution in [0.25, 0.3) is 0 Å². The minimum atomic E-state index is -3.34. The van der Waals surface area contributed by atoms with Gasteiger partial charge in [-0.3, -0.25) is 5.32 Å². The lowest BCUT2D eigenvalue weighted by Gasteiger charge is -2.07. The molecular formula is C17H17Cl2NO4S2. The van der Waals surface area contributed by atoms with E-state index in [-0.39, 0.29) is 17.3 Å². The molecule has 0 aromatic heterocycles. The molecule has 0 aliphatic heterocycles. The summed E-state index contributed by atoms with van der Waals surface area (Å²) in [6.07, 6.45) is -0.568. The van der Waals surface area contributed by atoms with Gasteiger partial charge in [-0.15, -0.1) is 0 Å². The highest BCUT2D eigenvalue weighted by molar-refractivity contribution is 8.00. The molecule has 0 aliphatic carbocycles. The van der Waals surface area contributed by atoms with E-state index in [0.717, 1.165) is 0 Å². The van der Waals surface area contributed by atoms with Gasteiger partial charge in [0.25, 0.3) is 0 Å². The van der Waals surface area contributed by atoms with Gasteiger partial charge in [-0.1, -0.05) is 23.2 Å². The van der Waals surface area contributed by atoms with Crippen molar-refractivity contribution in [1.29, 1.82) is 0 Å². The zero-order valence-corrected chi connectivity index (χ0v) is 16.8. The van der Waals surface area contributed by atoms with Gasteiger partial charge in [-0.2, -0.15) is 11.8 Å². The van der Waals surface area contributed by atoms with E-state index in [1.165, 1.54) is 23.9 Å². The summed E-state index contributed by atoms with van der Waals surface area (Å²) in [5, 5.41) is 3.65. The lowest BCUT2D eigenvalue weighted by molar-refractivity contribution is 0.169. The molecule has 0 saturated heterocycles. The number of carbonyl (C=O) groups excluding carboxylic acids is 1. The van der Waals surface area contributed by atoms with E-state index in [2.05, 4.69) is 5.32 Å². The maximum Gasteiger partial charge on any atom is 0.411 e.